The number of rotatable bonds is 6. The number of carbonyl (C=O) groups excluding carboxylic acids is 1. The third kappa shape index (κ3) is 4.24. The van der Waals surface area contributed by atoms with Crippen molar-refractivity contribution < 1.29 is 24.2 Å². The molecule has 1 saturated heterocycles. The van der Waals surface area contributed by atoms with Gasteiger partial charge in [0.15, 0.2) is 0 Å². The molecule has 0 amide bonds. The molecule has 2 aromatic carbocycles. The maximum Gasteiger partial charge on any atom is 0.307 e. The smallest absolute Gasteiger partial charge is 0.307 e. The average Bonchev–Trinajstić information content (AvgIpc) is 3.09. The van der Waals surface area contributed by atoms with Gasteiger partial charge in [-0.15, -0.1) is 0 Å². The van der Waals surface area contributed by atoms with Gasteiger partial charge in [-0.25, -0.2) is 0 Å². The van der Waals surface area contributed by atoms with Gasteiger partial charge in [0.1, 0.15) is 12.4 Å². The quantitative estimate of drug-likeness (QED) is 0.662. The van der Waals surface area contributed by atoms with Crippen LogP contribution in [0.2, 0.25) is 0 Å². The van der Waals surface area contributed by atoms with E-state index in [1.807, 2.05) is 19.1 Å². The van der Waals surface area contributed by atoms with Gasteiger partial charge in [-0.2, -0.15) is 0 Å². The molecule has 1 aliphatic rings. The lowest BCUT2D eigenvalue weighted by Crippen LogP contribution is -2.25. The number of aryl methyl sites for hydroxylation is 1. The maximum absolute atomic E-state index is 13.2. The lowest BCUT2D eigenvalue weighted by molar-refractivity contribution is -0.136. The predicted molar refractivity (Wildman–Crippen MR) is 113 cm³/mol. The maximum atomic E-state index is 13.2. The first-order valence-electron chi connectivity index (χ1n) is 10.2. The summed E-state index contributed by atoms with van der Waals surface area (Å²) in [6.45, 7) is 3.16. The second-order valence-corrected chi connectivity index (χ2v) is 7.67. The number of carbonyl (C=O) groups is 2. The molecule has 0 spiro atoms. The van der Waals surface area contributed by atoms with Crippen LogP contribution < -0.4 is 4.74 Å². The summed E-state index contributed by atoms with van der Waals surface area (Å²) in [6.07, 6.45) is 3.35. The third-order valence-corrected chi connectivity index (χ3v) is 5.48. The molecular formula is C24H25NO5. The zero-order valence-electron chi connectivity index (χ0n) is 17.0. The molecule has 1 aromatic heterocycles. The number of fused-ring (bicyclic) bond motifs is 1. The van der Waals surface area contributed by atoms with Gasteiger partial charge in [-0.1, -0.05) is 12.1 Å². The van der Waals surface area contributed by atoms with E-state index in [-0.39, 0.29) is 18.4 Å². The highest BCUT2D eigenvalue weighted by molar-refractivity contribution is 6.04. The summed E-state index contributed by atoms with van der Waals surface area (Å²) in [6, 6.07) is 14.4. The summed E-state index contributed by atoms with van der Waals surface area (Å²) in [7, 11) is 0. The van der Waals surface area contributed by atoms with Crippen molar-refractivity contribution in [2.24, 2.45) is 0 Å². The minimum atomic E-state index is -0.895. The first-order valence-corrected chi connectivity index (χ1v) is 10.2. The van der Waals surface area contributed by atoms with Gasteiger partial charge in [0.2, 0.25) is 0 Å². The molecule has 0 saturated carbocycles. The summed E-state index contributed by atoms with van der Waals surface area (Å²) in [5, 5.41) is 9.94. The normalized spacial score (nSPS) is 16.5. The largest absolute Gasteiger partial charge is 0.491 e. The first-order chi connectivity index (χ1) is 14.5. The van der Waals surface area contributed by atoms with Crippen LogP contribution in [0.15, 0.2) is 48.5 Å². The summed E-state index contributed by atoms with van der Waals surface area (Å²) in [5.41, 5.74) is 2.72. The number of nitrogens with zero attached hydrogens (tertiary/aromatic N) is 1. The molecule has 156 valence electrons. The molecule has 1 unspecified atom stereocenters. The van der Waals surface area contributed by atoms with Gasteiger partial charge in [-0.05, 0) is 68.1 Å². The Balaban J connectivity index is 1.53. The molecule has 2 heterocycles. The van der Waals surface area contributed by atoms with Gasteiger partial charge < -0.3 is 14.6 Å². The van der Waals surface area contributed by atoms with E-state index in [9.17, 15) is 9.59 Å². The molecule has 0 bridgehead atoms. The fourth-order valence-corrected chi connectivity index (χ4v) is 3.96. The van der Waals surface area contributed by atoms with E-state index in [0.29, 0.717) is 29.0 Å². The highest BCUT2D eigenvalue weighted by Gasteiger charge is 2.18. The molecule has 1 aliphatic heterocycles. The Hall–Kier alpha value is -3.12. The lowest BCUT2D eigenvalue weighted by atomic mass is 10.1. The standard InChI is InChI=1S/C24H25NO5/c1-16-13-21-18(14-23(26)27)5-4-7-22(21)25(16)24(28)17-8-10-19(11-9-17)30-15-20-6-2-3-12-29-20/h4-5,7-11,13,20H,2-3,6,12,14-15H2,1H3,(H,26,27). The van der Waals surface area contributed by atoms with Crippen LogP contribution in [0.1, 0.15) is 40.9 Å². The SMILES string of the molecule is Cc1cc2c(CC(=O)O)cccc2n1C(=O)c1ccc(OCC2CCCCO2)cc1. The highest BCUT2D eigenvalue weighted by atomic mass is 16.5. The predicted octanol–water partition coefficient (Wildman–Crippen LogP) is 4.21. The summed E-state index contributed by atoms with van der Waals surface area (Å²) >= 11 is 0. The topological polar surface area (TPSA) is 77.8 Å². The number of carboxylic acids is 1. The Morgan fingerprint density at radius 2 is 1.97 bits per heavy atom. The molecule has 1 N–H and O–H groups in total. The van der Waals surface area contributed by atoms with E-state index in [4.69, 9.17) is 14.6 Å². The third-order valence-electron chi connectivity index (χ3n) is 5.48. The number of aromatic nitrogens is 1. The van der Waals surface area contributed by atoms with Crippen LogP contribution in [0.3, 0.4) is 0 Å². The second kappa shape index (κ2) is 8.71. The van der Waals surface area contributed by atoms with Crippen LogP contribution in [0, 0.1) is 6.92 Å². The first kappa shape index (κ1) is 20.2. The number of aliphatic carboxylic acids is 1. The van der Waals surface area contributed by atoms with E-state index in [2.05, 4.69) is 0 Å². The molecule has 0 aliphatic carbocycles. The van der Waals surface area contributed by atoms with Crippen LogP contribution in [-0.4, -0.2) is 40.9 Å². The number of carboxylic acid groups (broad SMARTS) is 1. The average molecular weight is 407 g/mol. The molecule has 1 atom stereocenters. The Kier molecular flexibility index (Phi) is 5.86. The van der Waals surface area contributed by atoms with Crippen molar-refractivity contribution in [3.05, 3.63) is 65.4 Å². The second-order valence-electron chi connectivity index (χ2n) is 7.67. The highest BCUT2D eigenvalue weighted by Crippen LogP contribution is 2.25. The summed E-state index contributed by atoms with van der Waals surface area (Å²) in [4.78, 5) is 24.3. The lowest BCUT2D eigenvalue weighted by Gasteiger charge is -2.22. The van der Waals surface area contributed by atoms with Crippen LogP contribution in [0.5, 0.6) is 5.75 Å². The molecule has 30 heavy (non-hydrogen) atoms. The number of hydrogen-bond donors (Lipinski definition) is 1. The van der Waals surface area contributed by atoms with Crippen LogP contribution in [0.25, 0.3) is 10.9 Å². The van der Waals surface area contributed by atoms with Crippen LogP contribution in [0.4, 0.5) is 0 Å². The van der Waals surface area contributed by atoms with Crippen molar-refractivity contribution in [1.29, 1.82) is 0 Å². The van der Waals surface area contributed by atoms with Crippen molar-refractivity contribution >= 4 is 22.8 Å². The number of ether oxygens (including phenoxy) is 2. The monoisotopic (exact) mass is 407 g/mol. The van der Waals surface area contributed by atoms with Crippen molar-refractivity contribution in [2.75, 3.05) is 13.2 Å². The Bertz CT molecular complexity index is 1060. The van der Waals surface area contributed by atoms with E-state index in [1.165, 1.54) is 6.42 Å². The molecule has 6 heteroatoms. The van der Waals surface area contributed by atoms with Crippen molar-refractivity contribution in [3.63, 3.8) is 0 Å². The van der Waals surface area contributed by atoms with Gasteiger partial charge in [-0.3, -0.25) is 14.2 Å². The van der Waals surface area contributed by atoms with Crippen LogP contribution >= 0.6 is 0 Å². The van der Waals surface area contributed by atoms with Crippen molar-refractivity contribution in [1.82, 2.24) is 4.57 Å². The molecule has 4 rings (SSSR count). The molecule has 6 nitrogen and oxygen atoms in total. The zero-order chi connectivity index (χ0) is 21.1. The number of hydrogen-bond acceptors (Lipinski definition) is 4. The number of benzene rings is 2. The Labute approximate surface area is 175 Å². The van der Waals surface area contributed by atoms with E-state index < -0.39 is 5.97 Å². The minimum absolute atomic E-state index is 0.0777. The molecule has 0 radical (unpaired) electrons. The van der Waals surface area contributed by atoms with E-state index in [0.717, 1.165) is 30.5 Å². The molecule has 1 fully saturated rings. The van der Waals surface area contributed by atoms with Gasteiger partial charge >= 0.3 is 5.97 Å². The fourth-order valence-electron chi connectivity index (χ4n) is 3.96. The van der Waals surface area contributed by atoms with Crippen LogP contribution in [-0.2, 0) is 16.0 Å². The van der Waals surface area contributed by atoms with Crippen molar-refractivity contribution in [2.45, 2.75) is 38.7 Å². The van der Waals surface area contributed by atoms with Gasteiger partial charge in [0.05, 0.1) is 18.0 Å². The van der Waals surface area contributed by atoms with Gasteiger partial charge in [0.25, 0.3) is 5.91 Å². The Morgan fingerprint density at radius 3 is 2.67 bits per heavy atom. The van der Waals surface area contributed by atoms with Crippen molar-refractivity contribution in [3.8, 4) is 5.75 Å². The molecular weight excluding hydrogens is 382 g/mol. The van der Waals surface area contributed by atoms with Gasteiger partial charge in [0, 0.05) is 23.3 Å². The zero-order valence-corrected chi connectivity index (χ0v) is 17.0. The fraction of sp³-hybridized carbons (Fsp3) is 0.333. The minimum Gasteiger partial charge on any atom is -0.491 e. The Morgan fingerprint density at radius 1 is 1.17 bits per heavy atom. The molecule has 3 aromatic rings. The van der Waals surface area contributed by atoms with E-state index in [1.54, 1.807) is 41.0 Å². The summed E-state index contributed by atoms with van der Waals surface area (Å²) < 4.78 is 13.1. The van der Waals surface area contributed by atoms with E-state index >= 15 is 0 Å². The summed E-state index contributed by atoms with van der Waals surface area (Å²) in [5.74, 6) is -0.343.